The second kappa shape index (κ2) is 4.32. The van der Waals surface area contributed by atoms with Crippen LogP contribution in [0.2, 0.25) is 0 Å². The molecule has 1 aromatic rings. The number of benzene rings is 1. The second-order valence-corrected chi connectivity index (χ2v) is 6.95. The summed E-state index contributed by atoms with van der Waals surface area (Å²) in [4.78, 5) is 2.70. The smallest absolute Gasteiger partial charge is 0.0309 e. The molecule has 1 aliphatic heterocycles. The van der Waals surface area contributed by atoms with Crippen molar-refractivity contribution in [1.82, 2.24) is 10.2 Å². The monoisotopic (exact) mass is 256 g/mol. The molecule has 0 bridgehead atoms. The summed E-state index contributed by atoms with van der Waals surface area (Å²) < 4.78 is 0. The molecule has 0 amide bonds. The van der Waals surface area contributed by atoms with Crippen molar-refractivity contribution in [3.05, 3.63) is 35.4 Å². The van der Waals surface area contributed by atoms with Crippen molar-refractivity contribution in [3.8, 4) is 0 Å². The Kier molecular flexibility index (Phi) is 2.71. The van der Waals surface area contributed by atoms with Crippen LogP contribution in [0, 0.1) is 5.92 Å². The summed E-state index contributed by atoms with van der Waals surface area (Å²) in [5.74, 6) is 1.72. The Bertz CT molecular complexity index is 480. The van der Waals surface area contributed by atoms with E-state index >= 15 is 0 Å². The van der Waals surface area contributed by atoms with Gasteiger partial charge in [0.25, 0.3) is 0 Å². The maximum absolute atomic E-state index is 3.77. The molecule has 102 valence electrons. The van der Waals surface area contributed by atoms with Crippen molar-refractivity contribution in [2.45, 2.75) is 37.6 Å². The van der Waals surface area contributed by atoms with Gasteiger partial charge in [-0.25, -0.2) is 0 Å². The first kappa shape index (κ1) is 11.9. The second-order valence-electron chi connectivity index (χ2n) is 6.95. The van der Waals surface area contributed by atoms with Crippen LogP contribution in [0.15, 0.2) is 24.3 Å². The molecular formula is C17H24N2. The summed E-state index contributed by atoms with van der Waals surface area (Å²) in [6.07, 6.45) is 4.16. The zero-order valence-corrected chi connectivity index (χ0v) is 11.9. The third-order valence-corrected chi connectivity index (χ3v) is 5.43. The average Bonchev–Trinajstić information content (AvgIpc) is 3.21. The molecule has 2 aliphatic carbocycles. The van der Waals surface area contributed by atoms with Crippen molar-refractivity contribution in [2.24, 2.45) is 5.92 Å². The summed E-state index contributed by atoms with van der Waals surface area (Å²) in [6, 6.07) is 8.98. The van der Waals surface area contributed by atoms with Crippen LogP contribution in [-0.4, -0.2) is 36.6 Å². The zero-order valence-electron chi connectivity index (χ0n) is 11.9. The summed E-state index contributed by atoms with van der Waals surface area (Å²) >= 11 is 0. The van der Waals surface area contributed by atoms with Crippen molar-refractivity contribution in [2.75, 3.05) is 26.2 Å². The number of fused-ring (bicyclic) bond motifs is 1. The van der Waals surface area contributed by atoms with Gasteiger partial charge in [-0.2, -0.15) is 0 Å². The number of nitrogens with one attached hydrogen (secondary N) is 1. The van der Waals surface area contributed by atoms with E-state index in [0.717, 1.165) is 11.8 Å². The molecule has 0 radical (unpaired) electrons. The van der Waals surface area contributed by atoms with Crippen LogP contribution >= 0.6 is 0 Å². The Hall–Kier alpha value is -0.860. The molecule has 0 aromatic heterocycles. The van der Waals surface area contributed by atoms with Gasteiger partial charge >= 0.3 is 0 Å². The Labute approximate surface area is 116 Å². The van der Waals surface area contributed by atoms with Gasteiger partial charge in [0, 0.05) is 37.6 Å². The van der Waals surface area contributed by atoms with Gasteiger partial charge in [-0.05, 0) is 43.2 Å². The predicted molar refractivity (Wildman–Crippen MR) is 78.5 cm³/mol. The molecule has 2 atom stereocenters. The van der Waals surface area contributed by atoms with E-state index in [0.29, 0.717) is 5.54 Å². The van der Waals surface area contributed by atoms with Gasteiger partial charge in [-0.3, -0.25) is 4.90 Å². The van der Waals surface area contributed by atoms with Crippen LogP contribution < -0.4 is 5.32 Å². The van der Waals surface area contributed by atoms with Crippen LogP contribution in [-0.2, 0) is 6.42 Å². The van der Waals surface area contributed by atoms with Crippen molar-refractivity contribution < 1.29 is 0 Å². The summed E-state index contributed by atoms with van der Waals surface area (Å²) in [7, 11) is 0. The topological polar surface area (TPSA) is 15.3 Å². The van der Waals surface area contributed by atoms with E-state index in [2.05, 4.69) is 41.4 Å². The number of piperazine rings is 1. The first-order valence-corrected chi connectivity index (χ1v) is 7.80. The molecule has 1 saturated carbocycles. The highest BCUT2D eigenvalue weighted by atomic mass is 15.2. The van der Waals surface area contributed by atoms with Crippen LogP contribution in [0.5, 0.6) is 0 Å². The number of rotatable bonds is 3. The third-order valence-electron chi connectivity index (χ3n) is 5.43. The average molecular weight is 256 g/mol. The van der Waals surface area contributed by atoms with Crippen molar-refractivity contribution >= 4 is 0 Å². The minimum atomic E-state index is 0.390. The van der Waals surface area contributed by atoms with Gasteiger partial charge in [-0.15, -0.1) is 0 Å². The highest BCUT2D eigenvalue weighted by Gasteiger charge is 2.44. The van der Waals surface area contributed by atoms with E-state index in [9.17, 15) is 0 Å². The van der Waals surface area contributed by atoms with E-state index in [4.69, 9.17) is 0 Å². The largest absolute Gasteiger partial charge is 0.309 e. The molecule has 2 nitrogen and oxygen atoms in total. The number of nitrogens with zero attached hydrogens (tertiary/aromatic N) is 1. The molecule has 2 heteroatoms. The maximum Gasteiger partial charge on any atom is 0.0309 e. The Morgan fingerprint density at radius 1 is 1.32 bits per heavy atom. The first-order chi connectivity index (χ1) is 9.24. The fourth-order valence-electron chi connectivity index (χ4n) is 4.09. The molecule has 0 spiro atoms. The van der Waals surface area contributed by atoms with Crippen LogP contribution in [0.3, 0.4) is 0 Å². The lowest BCUT2D eigenvalue weighted by Gasteiger charge is -2.44. The summed E-state index contributed by atoms with van der Waals surface area (Å²) in [5, 5.41) is 3.77. The molecule has 4 rings (SSSR count). The molecule has 2 fully saturated rings. The molecule has 1 saturated heterocycles. The van der Waals surface area contributed by atoms with E-state index in [-0.39, 0.29) is 0 Å². The van der Waals surface area contributed by atoms with Gasteiger partial charge in [0.2, 0.25) is 0 Å². The van der Waals surface area contributed by atoms with Gasteiger partial charge in [0.05, 0.1) is 0 Å². The minimum Gasteiger partial charge on any atom is -0.309 e. The fraction of sp³-hybridized carbons (Fsp3) is 0.647. The van der Waals surface area contributed by atoms with Crippen molar-refractivity contribution in [3.63, 3.8) is 0 Å². The molecule has 3 aliphatic rings. The van der Waals surface area contributed by atoms with Gasteiger partial charge in [0.1, 0.15) is 0 Å². The Morgan fingerprint density at radius 3 is 2.95 bits per heavy atom. The Morgan fingerprint density at radius 2 is 2.16 bits per heavy atom. The van der Waals surface area contributed by atoms with Crippen LogP contribution in [0.1, 0.15) is 36.8 Å². The lowest BCUT2D eigenvalue weighted by molar-refractivity contribution is 0.118. The van der Waals surface area contributed by atoms with E-state index in [1.165, 1.54) is 45.4 Å². The molecule has 1 aromatic carbocycles. The van der Waals surface area contributed by atoms with E-state index < -0.39 is 0 Å². The standard InChI is InChI=1S/C17H24N2/c1-17(15-6-7-15)12-19(9-8-18-17)11-14-10-13-4-2-3-5-16(13)14/h2-5,14-15,18H,6-12H2,1H3. The van der Waals surface area contributed by atoms with Crippen LogP contribution in [0.4, 0.5) is 0 Å². The lowest BCUT2D eigenvalue weighted by Crippen LogP contribution is -2.60. The van der Waals surface area contributed by atoms with Gasteiger partial charge in [-0.1, -0.05) is 24.3 Å². The number of hydrogen-bond acceptors (Lipinski definition) is 2. The molecular weight excluding hydrogens is 232 g/mol. The van der Waals surface area contributed by atoms with E-state index in [1.54, 1.807) is 11.1 Å². The van der Waals surface area contributed by atoms with Crippen LogP contribution in [0.25, 0.3) is 0 Å². The highest BCUT2D eigenvalue weighted by Crippen LogP contribution is 2.41. The third kappa shape index (κ3) is 2.11. The van der Waals surface area contributed by atoms with Gasteiger partial charge < -0.3 is 5.32 Å². The first-order valence-electron chi connectivity index (χ1n) is 7.80. The molecule has 2 unspecified atom stereocenters. The maximum atomic E-state index is 3.77. The zero-order chi connectivity index (χ0) is 12.9. The highest BCUT2D eigenvalue weighted by molar-refractivity contribution is 5.40. The van der Waals surface area contributed by atoms with Crippen molar-refractivity contribution in [1.29, 1.82) is 0 Å². The fourth-order valence-corrected chi connectivity index (χ4v) is 4.09. The SMILES string of the molecule is CC1(C2CC2)CN(CC2Cc3ccccc32)CCN1. The minimum absolute atomic E-state index is 0.390. The lowest BCUT2D eigenvalue weighted by atomic mass is 9.77. The van der Waals surface area contributed by atoms with E-state index in [1.807, 2.05) is 0 Å². The molecule has 19 heavy (non-hydrogen) atoms. The Balaban J connectivity index is 1.41. The number of hydrogen-bond donors (Lipinski definition) is 1. The summed E-state index contributed by atoms with van der Waals surface area (Å²) in [6.45, 7) is 7.34. The quantitative estimate of drug-likeness (QED) is 0.893. The molecule has 1 N–H and O–H groups in total. The summed E-state index contributed by atoms with van der Waals surface area (Å²) in [5.41, 5.74) is 3.57. The van der Waals surface area contributed by atoms with Gasteiger partial charge in [0.15, 0.2) is 0 Å². The molecule has 1 heterocycles. The normalized spacial score (nSPS) is 34.7. The predicted octanol–water partition coefficient (Wildman–Crippen LogP) is 2.40.